The van der Waals surface area contributed by atoms with Crippen molar-refractivity contribution in [1.82, 2.24) is 0 Å². The zero-order valence-electron chi connectivity index (χ0n) is 8.74. The van der Waals surface area contributed by atoms with E-state index in [9.17, 15) is 9.59 Å². The van der Waals surface area contributed by atoms with Gasteiger partial charge >= 0.3 is 11.9 Å². The van der Waals surface area contributed by atoms with E-state index in [-0.39, 0.29) is 16.7 Å². The zero-order valence-corrected chi connectivity index (χ0v) is 9.49. The summed E-state index contributed by atoms with van der Waals surface area (Å²) in [5, 5.41) is 17.7. The highest BCUT2D eigenvalue weighted by Crippen LogP contribution is 2.11. The van der Waals surface area contributed by atoms with Crippen LogP contribution in [-0.2, 0) is 0 Å². The van der Waals surface area contributed by atoms with E-state index in [0.29, 0.717) is 12.3 Å². The summed E-state index contributed by atoms with van der Waals surface area (Å²) < 4.78 is 0. The number of alkyl halides is 1. The summed E-state index contributed by atoms with van der Waals surface area (Å²) in [6.07, 6.45) is 0.446. The van der Waals surface area contributed by atoms with Gasteiger partial charge in [-0.1, -0.05) is 11.8 Å². The highest BCUT2D eigenvalue weighted by atomic mass is 35.5. The third kappa shape index (κ3) is 3.51. The molecule has 0 aliphatic heterocycles. The van der Waals surface area contributed by atoms with Crippen LogP contribution in [0.2, 0.25) is 0 Å². The van der Waals surface area contributed by atoms with Crippen LogP contribution in [0.3, 0.4) is 0 Å². The number of carboxylic acid groups (broad SMARTS) is 2. The quantitative estimate of drug-likeness (QED) is 0.638. The fraction of sp³-hybridized carbons (Fsp3) is 0.167. The highest BCUT2D eigenvalue weighted by molar-refractivity contribution is 6.18. The molecule has 5 heteroatoms. The second kappa shape index (κ2) is 5.92. The number of hydrogen-bond acceptors (Lipinski definition) is 2. The predicted molar refractivity (Wildman–Crippen MR) is 62.6 cm³/mol. The van der Waals surface area contributed by atoms with Gasteiger partial charge in [-0.15, -0.1) is 11.6 Å². The first-order chi connectivity index (χ1) is 8.06. The van der Waals surface area contributed by atoms with Crippen LogP contribution in [0.4, 0.5) is 0 Å². The molecule has 0 aliphatic rings. The Hall–Kier alpha value is -1.99. The highest BCUT2D eigenvalue weighted by Gasteiger charge is 2.12. The van der Waals surface area contributed by atoms with E-state index in [1.165, 1.54) is 12.1 Å². The maximum Gasteiger partial charge on any atom is 0.336 e. The molecule has 0 aliphatic carbocycles. The maximum absolute atomic E-state index is 10.9. The Labute approximate surface area is 103 Å². The van der Waals surface area contributed by atoms with Gasteiger partial charge in [0.05, 0.1) is 11.1 Å². The molecule has 0 heterocycles. The van der Waals surface area contributed by atoms with Crippen LogP contribution in [0.1, 0.15) is 32.7 Å². The molecule has 0 amide bonds. The Balaban J connectivity index is 3.19. The fourth-order valence-corrected chi connectivity index (χ4v) is 1.26. The van der Waals surface area contributed by atoms with Gasteiger partial charge in [-0.25, -0.2) is 9.59 Å². The molecule has 1 rings (SSSR count). The van der Waals surface area contributed by atoms with Gasteiger partial charge in [-0.05, 0) is 18.2 Å². The van der Waals surface area contributed by atoms with E-state index >= 15 is 0 Å². The van der Waals surface area contributed by atoms with E-state index in [0.717, 1.165) is 6.07 Å². The SMILES string of the molecule is O=C(O)c1ccc(C#CCCCl)c(C(=O)O)c1. The number of rotatable bonds is 3. The van der Waals surface area contributed by atoms with Crippen LogP contribution in [-0.4, -0.2) is 28.0 Å². The number of carbonyl (C=O) groups is 2. The van der Waals surface area contributed by atoms with E-state index in [4.69, 9.17) is 21.8 Å². The average Bonchev–Trinajstić information content (AvgIpc) is 2.29. The lowest BCUT2D eigenvalue weighted by Gasteiger charge is -2.01. The molecule has 1 aromatic carbocycles. The first-order valence-electron chi connectivity index (χ1n) is 4.71. The number of aromatic carboxylic acids is 2. The first kappa shape index (κ1) is 13.1. The van der Waals surface area contributed by atoms with Gasteiger partial charge < -0.3 is 10.2 Å². The lowest BCUT2D eigenvalue weighted by atomic mass is 10.0. The summed E-state index contributed by atoms with van der Waals surface area (Å²) in [4.78, 5) is 21.6. The summed E-state index contributed by atoms with van der Waals surface area (Å²) in [6.45, 7) is 0. The van der Waals surface area contributed by atoms with Crippen molar-refractivity contribution in [3.8, 4) is 11.8 Å². The van der Waals surface area contributed by atoms with Gasteiger partial charge in [0.25, 0.3) is 0 Å². The topological polar surface area (TPSA) is 74.6 Å². The largest absolute Gasteiger partial charge is 0.478 e. The molecule has 88 valence electrons. The summed E-state index contributed by atoms with van der Waals surface area (Å²) in [7, 11) is 0. The Kier molecular flexibility index (Phi) is 4.56. The Morgan fingerprint density at radius 3 is 2.47 bits per heavy atom. The molecule has 17 heavy (non-hydrogen) atoms. The summed E-state index contributed by atoms with van der Waals surface area (Å²) in [5.74, 6) is 3.34. The van der Waals surface area contributed by atoms with Crippen LogP contribution in [0.5, 0.6) is 0 Å². The van der Waals surface area contributed by atoms with Crippen LogP contribution in [0.15, 0.2) is 18.2 Å². The first-order valence-corrected chi connectivity index (χ1v) is 5.25. The second-order valence-corrected chi connectivity index (χ2v) is 3.49. The van der Waals surface area contributed by atoms with Crippen molar-refractivity contribution in [2.75, 3.05) is 5.88 Å². The zero-order chi connectivity index (χ0) is 12.8. The van der Waals surface area contributed by atoms with E-state index in [1.807, 2.05) is 0 Å². The summed E-state index contributed by atoms with van der Waals surface area (Å²) >= 11 is 5.44. The van der Waals surface area contributed by atoms with E-state index in [1.54, 1.807) is 0 Å². The van der Waals surface area contributed by atoms with Gasteiger partial charge in [0, 0.05) is 17.9 Å². The molecule has 0 bridgehead atoms. The van der Waals surface area contributed by atoms with Crippen molar-refractivity contribution in [2.24, 2.45) is 0 Å². The van der Waals surface area contributed by atoms with Gasteiger partial charge in [0.15, 0.2) is 0 Å². The fourth-order valence-electron chi connectivity index (χ4n) is 1.17. The van der Waals surface area contributed by atoms with Crippen LogP contribution < -0.4 is 0 Å². The van der Waals surface area contributed by atoms with Crippen LogP contribution >= 0.6 is 11.6 Å². The smallest absolute Gasteiger partial charge is 0.336 e. The molecule has 0 aromatic heterocycles. The van der Waals surface area contributed by atoms with Gasteiger partial charge in [-0.3, -0.25) is 0 Å². The van der Waals surface area contributed by atoms with Crippen LogP contribution in [0, 0.1) is 11.8 Å². The molecule has 1 aromatic rings. The lowest BCUT2D eigenvalue weighted by Crippen LogP contribution is -2.04. The lowest BCUT2D eigenvalue weighted by molar-refractivity contribution is 0.0695. The number of halogens is 1. The predicted octanol–water partition coefficient (Wildman–Crippen LogP) is 2.06. The minimum Gasteiger partial charge on any atom is -0.478 e. The standard InChI is InChI=1S/C12H9ClO4/c13-6-2-1-3-8-4-5-9(11(14)15)7-10(8)12(16)17/h4-5,7H,2,6H2,(H,14,15)(H,16,17). The van der Waals surface area contributed by atoms with E-state index < -0.39 is 11.9 Å². The third-order valence-electron chi connectivity index (χ3n) is 1.94. The van der Waals surface area contributed by atoms with Crippen molar-refractivity contribution in [3.63, 3.8) is 0 Å². The maximum atomic E-state index is 10.9. The molecule has 0 spiro atoms. The molecular formula is C12H9ClO4. The second-order valence-electron chi connectivity index (χ2n) is 3.11. The Bertz CT molecular complexity index is 511. The van der Waals surface area contributed by atoms with Gasteiger partial charge in [0.2, 0.25) is 0 Å². The number of hydrogen-bond donors (Lipinski definition) is 2. The Morgan fingerprint density at radius 2 is 1.94 bits per heavy atom. The van der Waals surface area contributed by atoms with Crippen molar-refractivity contribution in [1.29, 1.82) is 0 Å². The molecule has 0 fully saturated rings. The van der Waals surface area contributed by atoms with E-state index in [2.05, 4.69) is 11.8 Å². The molecule has 0 atom stereocenters. The average molecular weight is 253 g/mol. The molecule has 2 N–H and O–H groups in total. The number of benzene rings is 1. The van der Waals surface area contributed by atoms with Crippen LogP contribution in [0.25, 0.3) is 0 Å². The molecule has 0 saturated heterocycles. The molecule has 0 radical (unpaired) electrons. The third-order valence-corrected chi connectivity index (χ3v) is 2.13. The molecular weight excluding hydrogens is 244 g/mol. The molecule has 0 saturated carbocycles. The van der Waals surface area contributed by atoms with Crippen molar-refractivity contribution >= 4 is 23.5 Å². The van der Waals surface area contributed by atoms with Gasteiger partial charge in [0.1, 0.15) is 0 Å². The number of carboxylic acids is 2. The Morgan fingerprint density at radius 1 is 1.24 bits per heavy atom. The minimum absolute atomic E-state index is 0.0784. The molecule has 4 nitrogen and oxygen atoms in total. The van der Waals surface area contributed by atoms with Gasteiger partial charge in [-0.2, -0.15) is 0 Å². The van der Waals surface area contributed by atoms with Crippen molar-refractivity contribution < 1.29 is 19.8 Å². The van der Waals surface area contributed by atoms with Crippen molar-refractivity contribution in [3.05, 3.63) is 34.9 Å². The monoisotopic (exact) mass is 252 g/mol. The van der Waals surface area contributed by atoms with Crippen molar-refractivity contribution in [2.45, 2.75) is 6.42 Å². The normalized spacial score (nSPS) is 9.24. The summed E-state index contributed by atoms with van der Waals surface area (Å²) in [6, 6.07) is 3.79. The summed E-state index contributed by atoms with van der Waals surface area (Å²) in [5.41, 5.74) is 0.0879. The molecule has 0 unspecified atom stereocenters. The minimum atomic E-state index is -1.21.